The van der Waals surface area contributed by atoms with Crippen LogP contribution in [-0.2, 0) is 14.8 Å². The summed E-state index contributed by atoms with van der Waals surface area (Å²) in [6.07, 6.45) is 0. The number of anilines is 2. The minimum absolute atomic E-state index is 0.189. The Morgan fingerprint density at radius 2 is 1.85 bits per heavy atom. The Bertz CT molecular complexity index is 850. The molecule has 0 aliphatic carbocycles. The van der Waals surface area contributed by atoms with Gasteiger partial charge in [-0.1, -0.05) is 15.9 Å². The molecule has 0 aromatic heterocycles. The molecule has 3 rings (SSSR count). The second kappa shape index (κ2) is 8.28. The molecule has 0 radical (unpaired) electrons. The molecule has 26 heavy (non-hydrogen) atoms. The van der Waals surface area contributed by atoms with E-state index < -0.39 is 10.0 Å². The van der Waals surface area contributed by atoms with Crippen molar-refractivity contribution in [3.8, 4) is 5.75 Å². The lowest BCUT2D eigenvalue weighted by atomic mass is 10.2. The average Bonchev–Trinajstić information content (AvgIpc) is 2.63. The lowest BCUT2D eigenvalue weighted by Crippen LogP contribution is -2.36. The fraction of sp³-hybridized carbons (Fsp3) is 0.333. The van der Waals surface area contributed by atoms with Crippen molar-refractivity contribution < 1.29 is 17.9 Å². The maximum atomic E-state index is 12.8. The molecular weight excluding hydrogens is 420 g/mol. The lowest BCUT2D eigenvalue weighted by molar-refractivity contribution is 0.123. The molecule has 2 aromatic rings. The standard InChI is InChI=1S/C18H21BrN2O4S/c1-2-25-15-4-6-16(7-5-15)26(22,23)20-17-13-14(19)3-8-18(17)21-9-11-24-12-10-21/h3-8,13,20H,2,9-12H2,1H3. The van der Waals surface area contributed by atoms with Gasteiger partial charge in [-0.15, -0.1) is 0 Å². The van der Waals surface area contributed by atoms with Crippen LogP contribution in [-0.4, -0.2) is 41.3 Å². The Balaban J connectivity index is 1.87. The molecule has 140 valence electrons. The highest BCUT2D eigenvalue weighted by molar-refractivity contribution is 9.10. The third-order valence-electron chi connectivity index (χ3n) is 4.00. The molecule has 0 saturated carbocycles. The summed E-state index contributed by atoms with van der Waals surface area (Å²) in [4.78, 5) is 2.31. The number of halogens is 1. The average molecular weight is 441 g/mol. The minimum Gasteiger partial charge on any atom is -0.494 e. The minimum atomic E-state index is -3.71. The van der Waals surface area contributed by atoms with Crippen LogP contribution in [0.15, 0.2) is 51.8 Å². The Kier molecular flexibility index (Phi) is 6.05. The molecule has 1 aliphatic rings. The van der Waals surface area contributed by atoms with E-state index in [0.717, 1.165) is 23.2 Å². The predicted molar refractivity (Wildman–Crippen MR) is 106 cm³/mol. The van der Waals surface area contributed by atoms with Gasteiger partial charge in [-0.25, -0.2) is 8.42 Å². The maximum absolute atomic E-state index is 12.8. The summed E-state index contributed by atoms with van der Waals surface area (Å²) in [7, 11) is -3.71. The number of nitrogens with one attached hydrogen (secondary N) is 1. The van der Waals surface area contributed by atoms with Crippen LogP contribution in [0.1, 0.15) is 6.92 Å². The topological polar surface area (TPSA) is 67.9 Å². The molecular formula is C18H21BrN2O4S. The zero-order chi connectivity index (χ0) is 18.6. The number of sulfonamides is 1. The molecule has 1 heterocycles. The van der Waals surface area contributed by atoms with Crippen molar-refractivity contribution in [3.63, 3.8) is 0 Å². The van der Waals surface area contributed by atoms with E-state index in [0.29, 0.717) is 31.3 Å². The maximum Gasteiger partial charge on any atom is 0.261 e. The highest BCUT2D eigenvalue weighted by Crippen LogP contribution is 2.32. The zero-order valence-electron chi connectivity index (χ0n) is 14.4. The highest BCUT2D eigenvalue weighted by atomic mass is 79.9. The van der Waals surface area contributed by atoms with Gasteiger partial charge in [0.05, 0.1) is 36.1 Å². The SMILES string of the molecule is CCOc1ccc(S(=O)(=O)Nc2cc(Br)ccc2N2CCOCC2)cc1. The van der Waals surface area contributed by atoms with Gasteiger partial charge < -0.3 is 14.4 Å². The first-order chi connectivity index (χ1) is 12.5. The summed E-state index contributed by atoms with van der Waals surface area (Å²) >= 11 is 3.42. The first-order valence-corrected chi connectivity index (χ1v) is 10.6. The quantitative estimate of drug-likeness (QED) is 0.744. The van der Waals surface area contributed by atoms with Gasteiger partial charge in [0.15, 0.2) is 0 Å². The number of rotatable bonds is 6. The van der Waals surface area contributed by atoms with Gasteiger partial charge in [0.2, 0.25) is 0 Å². The van der Waals surface area contributed by atoms with Crippen LogP contribution in [0.4, 0.5) is 11.4 Å². The second-order valence-electron chi connectivity index (χ2n) is 5.77. The van der Waals surface area contributed by atoms with E-state index in [9.17, 15) is 8.42 Å². The van der Waals surface area contributed by atoms with Gasteiger partial charge >= 0.3 is 0 Å². The van der Waals surface area contributed by atoms with Gasteiger partial charge in [-0.3, -0.25) is 4.72 Å². The molecule has 1 N–H and O–H groups in total. The second-order valence-corrected chi connectivity index (χ2v) is 8.37. The van der Waals surface area contributed by atoms with Crippen molar-refractivity contribution in [2.24, 2.45) is 0 Å². The van der Waals surface area contributed by atoms with E-state index in [1.807, 2.05) is 19.1 Å². The molecule has 6 nitrogen and oxygen atoms in total. The summed E-state index contributed by atoms with van der Waals surface area (Å²) in [5.41, 5.74) is 1.38. The Morgan fingerprint density at radius 3 is 2.50 bits per heavy atom. The number of nitrogens with zero attached hydrogens (tertiary/aromatic N) is 1. The van der Waals surface area contributed by atoms with E-state index >= 15 is 0 Å². The van der Waals surface area contributed by atoms with Crippen molar-refractivity contribution in [2.45, 2.75) is 11.8 Å². The molecule has 0 bridgehead atoms. The Hall–Kier alpha value is -1.77. The van der Waals surface area contributed by atoms with Crippen LogP contribution in [0, 0.1) is 0 Å². The van der Waals surface area contributed by atoms with E-state index in [1.165, 1.54) is 0 Å². The molecule has 1 aliphatic heterocycles. The van der Waals surface area contributed by atoms with Crippen LogP contribution in [0.25, 0.3) is 0 Å². The third-order valence-corrected chi connectivity index (χ3v) is 5.87. The van der Waals surface area contributed by atoms with Crippen molar-refractivity contribution >= 4 is 37.3 Å². The molecule has 8 heteroatoms. The van der Waals surface area contributed by atoms with Crippen molar-refractivity contribution in [3.05, 3.63) is 46.9 Å². The summed E-state index contributed by atoms with van der Waals surface area (Å²) < 4.78 is 39.9. The number of hydrogen-bond acceptors (Lipinski definition) is 5. The van der Waals surface area contributed by atoms with Gasteiger partial charge in [0, 0.05) is 17.6 Å². The lowest BCUT2D eigenvalue weighted by Gasteiger charge is -2.30. The Labute approximate surface area is 162 Å². The van der Waals surface area contributed by atoms with Crippen molar-refractivity contribution in [1.82, 2.24) is 0 Å². The number of benzene rings is 2. The first kappa shape index (κ1) is 19.0. The monoisotopic (exact) mass is 440 g/mol. The van der Waals surface area contributed by atoms with E-state index in [2.05, 4.69) is 25.6 Å². The molecule has 0 amide bonds. The molecule has 2 aromatic carbocycles. The summed E-state index contributed by atoms with van der Waals surface area (Å²) in [6.45, 7) is 5.11. The largest absolute Gasteiger partial charge is 0.494 e. The first-order valence-electron chi connectivity index (χ1n) is 8.37. The summed E-state index contributed by atoms with van der Waals surface area (Å²) in [5, 5.41) is 0. The molecule has 1 saturated heterocycles. The normalized spacial score (nSPS) is 14.9. The fourth-order valence-electron chi connectivity index (χ4n) is 2.76. The van der Waals surface area contributed by atoms with Gasteiger partial charge in [-0.2, -0.15) is 0 Å². The van der Waals surface area contributed by atoms with Gasteiger partial charge in [0.1, 0.15) is 5.75 Å². The van der Waals surface area contributed by atoms with Crippen LogP contribution in [0.5, 0.6) is 5.75 Å². The van der Waals surface area contributed by atoms with Gasteiger partial charge in [-0.05, 0) is 49.4 Å². The van der Waals surface area contributed by atoms with Crippen LogP contribution in [0.2, 0.25) is 0 Å². The van der Waals surface area contributed by atoms with Crippen LogP contribution >= 0.6 is 15.9 Å². The van der Waals surface area contributed by atoms with Crippen LogP contribution < -0.4 is 14.4 Å². The predicted octanol–water partition coefficient (Wildman–Crippen LogP) is 3.49. The molecule has 0 spiro atoms. The third kappa shape index (κ3) is 4.49. The van der Waals surface area contributed by atoms with Gasteiger partial charge in [0.25, 0.3) is 10.0 Å². The number of morpholine rings is 1. The summed E-state index contributed by atoms with van der Waals surface area (Å²) in [6, 6.07) is 12.0. The number of ether oxygens (including phenoxy) is 2. The molecule has 0 atom stereocenters. The molecule has 1 fully saturated rings. The zero-order valence-corrected chi connectivity index (χ0v) is 16.8. The number of hydrogen-bond donors (Lipinski definition) is 1. The Morgan fingerprint density at radius 1 is 1.15 bits per heavy atom. The van der Waals surface area contributed by atoms with Crippen molar-refractivity contribution in [2.75, 3.05) is 42.5 Å². The molecule has 0 unspecified atom stereocenters. The highest BCUT2D eigenvalue weighted by Gasteiger charge is 2.20. The van der Waals surface area contributed by atoms with E-state index in [-0.39, 0.29) is 4.90 Å². The fourth-order valence-corrected chi connectivity index (χ4v) is 4.18. The van der Waals surface area contributed by atoms with E-state index in [1.54, 1.807) is 30.3 Å². The van der Waals surface area contributed by atoms with Crippen LogP contribution in [0.3, 0.4) is 0 Å². The summed E-state index contributed by atoms with van der Waals surface area (Å²) in [5.74, 6) is 0.642. The smallest absolute Gasteiger partial charge is 0.261 e. The van der Waals surface area contributed by atoms with E-state index in [4.69, 9.17) is 9.47 Å². The van der Waals surface area contributed by atoms with Crippen molar-refractivity contribution in [1.29, 1.82) is 0 Å².